The summed E-state index contributed by atoms with van der Waals surface area (Å²) < 4.78 is 0. The van der Waals surface area contributed by atoms with Gasteiger partial charge in [-0.15, -0.1) is 0 Å². The van der Waals surface area contributed by atoms with Crippen molar-refractivity contribution in [3.05, 3.63) is 108 Å². The van der Waals surface area contributed by atoms with Crippen molar-refractivity contribution in [2.24, 2.45) is 0 Å². The molecule has 0 saturated carbocycles. The van der Waals surface area contributed by atoms with Gasteiger partial charge in [-0.2, -0.15) is 5.26 Å². The molecule has 3 nitrogen and oxygen atoms in total. The maximum Gasteiger partial charge on any atom is 0.140 e. The molecule has 0 saturated heterocycles. The summed E-state index contributed by atoms with van der Waals surface area (Å²) in [6.07, 6.45) is 1.75. The number of nitriles is 1. The second-order valence-electron chi connectivity index (χ2n) is 8.09. The molecule has 0 aliphatic carbocycles. The van der Waals surface area contributed by atoms with Crippen LogP contribution in [0.25, 0.3) is 11.1 Å². The smallest absolute Gasteiger partial charge is 0.140 e. The number of para-hydroxylation sites is 2. The van der Waals surface area contributed by atoms with Crippen molar-refractivity contribution in [1.82, 2.24) is 4.98 Å². The van der Waals surface area contributed by atoms with Crippen LogP contribution < -0.4 is 4.90 Å². The SMILES string of the molecule is CC1(C)c2ccccc2N(c2ccc(-c3ccc(C#N)nc3)cc2)c2ccccc21. The lowest BCUT2D eigenvalue weighted by Crippen LogP contribution is -2.30. The Bertz CT molecular complexity index is 1210. The van der Waals surface area contributed by atoms with Gasteiger partial charge in [-0.1, -0.05) is 62.4 Å². The second-order valence-corrected chi connectivity index (χ2v) is 8.09. The predicted molar refractivity (Wildman–Crippen MR) is 121 cm³/mol. The molecule has 3 aromatic carbocycles. The predicted octanol–water partition coefficient (Wildman–Crippen LogP) is 6.73. The molecule has 0 spiro atoms. The van der Waals surface area contributed by atoms with E-state index in [-0.39, 0.29) is 5.41 Å². The van der Waals surface area contributed by atoms with E-state index in [2.05, 4.69) is 103 Å². The highest BCUT2D eigenvalue weighted by Crippen LogP contribution is 2.51. The fourth-order valence-electron chi connectivity index (χ4n) is 4.38. The number of pyridine rings is 1. The molecule has 30 heavy (non-hydrogen) atoms. The third-order valence-corrected chi connectivity index (χ3v) is 5.97. The second kappa shape index (κ2) is 6.86. The molecule has 1 aromatic heterocycles. The van der Waals surface area contributed by atoms with Crippen LogP contribution in [0.1, 0.15) is 30.7 Å². The quantitative estimate of drug-likeness (QED) is 0.383. The Morgan fingerprint density at radius 2 is 1.30 bits per heavy atom. The molecule has 0 atom stereocenters. The van der Waals surface area contributed by atoms with E-state index in [1.165, 1.54) is 22.5 Å². The molecule has 1 aliphatic heterocycles. The Morgan fingerprint density at radius 3 is 1.83 bits per heavy atom. The Balaban J connectivity index is 1.61. The van der Waals surface area contributed by atoms with Gasteiger partial charge in [0.15, 0.2) is 0 Å². The molecule has 0 bridgehead atoms. The highest BCUT2D eigenvalue weighted by atomic mass is 15.2. The summed E-state index contributed by atoms with van der Waals surface area (Å²) in [4.78, 5) is 6.53. The van der Waals surface area contributed by atoms with Crippen LogP contribution in [0.4, 0.5) is 17.1 Å². The van der Waals surface area contributed by atoms with Gasteiger partial charge in [0.05, 0.1) is 11.4 Å². The van der Waals surface area contributed by atoms with Gasteiger partial charge in [0.2, 0.25) is 0 Å². The zero-order chi connectivity index (χ0) is 20.7. The van der Waals surface area contributed by atoms with Gasteiger partial charge in [0, 0.05) is 22.9 Å². The number of hydrogen-bond acceptors (Lipinski definition) is 3. The van der Waals surface area contributed by atoms with Crippen molar-refractivity contribution < 1.29 is 0 Å². The molecule has 144 valence electrons. The standard InChI is InChI=1S/C27H21N3/c1-27(2)23-7-3-5-9-25(23)30(26-10-6-4-8-24(26)27)22-15-12-19(13-16-22)20-11-14-21(17-28)29-18-20/h3-16,18H,1-2H3. The Morgan fingerprint density at radius 1 is 0.733 bits per heavy atom. The Hall–Kier alpha value is -3.90. The largest absolute Gasteiger partial charge is 0.310 e. The van der Waals surface area contributed by atoms with Gasteiger partial charge >= 0.3 is 0 Å². The van der Waals surface area contributed by atoms with E-state index in [0.717, 1.165) is 16.8 Å². The van der Waals surface area contributed by atoms with Crippen molar-refractivity contribution in [3.63, 3.8) is 0 Å². The van der Waals surface area contributed by atoms with Gasteiger partial charge < -0.3 is 4.90 Å². The number of anilines is 3. The lowest BCUT2D eigenvalue weighted by atomic mass is 9.73. The summed E-state index contributed by atoms with van der Waals surface area (Å²) in [6.45, 7) is 4.59. The number of rotatable bonds is 2. The molecular weight excluding hydrogens is 366 g/mol. The Labute approximate surface area is 176 Å². The summed E-state index contributed by atoms with van der Waals surface area (Å²) in [5, 5.41) is 8.96. The summed E-state index contributed by atoms with van der Waals surface area (Å²) in [7, 11) is 0. The number of fused-ring (bicyclic) bond motifs is 2. The molecule has 0 N–H and O–H groups in total. The first-order valence-electron chi connectivity index (χ1n) is 10.1. The van der Waals surface area contributed by atoms with Crippen molar-refractivity contribution in [3.8, 4) is 17.2 Å². The van der Waals surface area contributed by atoms with Crippen LogP contribution in [0, 0.1) is 11.3 Å². The summed E-state index contributed by atoms with van der Waals surface area (Å²) >= 11 is 0. The third-order valence-electron chi connectivity index (χ3n) is 5.97. The van der Waals surface area contributed by atoms with Crippen LogP contribution in [0.15, 0.2) is 91.1 Å². The minimum atomic E-state index is -0.0578. The van der Waals surface area contributed by atoms with Gasteiger partial charge in [0.25, 0.3) is 0 Å². The number of aromatic nitrogens is 1. The molecule has 4 aromatic rings. The monoisotopic (exact) mass is 387 g/mol. The first-order chi connectivity index (χ1) is 14.6. The van der Waals surface area contributed by atoms with Gasteiger partial charge in [-0.25, -0.2) is 4.98 Å². The first-order valence-corrected chi connectivity index (χ1v) is 10.1. The first kappa shape index (κ1) is 18.1. The van der Waals surface area contributed by atoms with E-state index in [0.29, 0.717) is 5.69 Å². The van der Waals surface area contributed by atoms with Crippen LogP contribution in [-0.2, 0) is 5.41 Å². The summed E-state index contributed by atoms with van der Waals surface area (Å²) in [6, 6.07) is 31.6. The lowest BCUT2D eigenvalue weighted by molar-refractivity contribution is 0.632. The van der Waals surface area contributed by atoms with E-state index in [1.54, 1.807) is 12.3 Å². The van der Waals surface area contributed by atoms with Crippen LogP contribution in [0.3, 0.4) is 0 Å². The molecular formula is C27H21N3. The maximum atomic E-state index is 8.96. The van der Waals surface area contributed by atoms with Gasteiger partial charge in [-0.3, -0.25) is 0 Å². The highest BCUT2D eigenvalue weighted by Gasteiger charge is 2.36. The topological polar surface area (TPSA) is 39.9 Å². The lowest BCUT2D eigenvalue weighted by Gasteiger charge is -2.42. The maximum absolute atomic E-state index is 8.96. The third kappa shape index (κ3) is 2.77. The van der Waals surface area contributed by atoms with Gasteiger partial charge in [0.1, 0.15) is 11.8 Å². The minimum Gasteiger partial charge on any atom is -0.310 e. The summed E-state index contributed by atoms with van der Waals surface area (Å²) in [5.41, 5.74) is 8.65. The highest BCUT2D eigenvalue weighted by molar-refractivity contribution is 5.86. The molecule has 3 heteroatoms. The number of nitrogens with zero attached hydrogens (tertiary/aromatic N) is 3. The minimum absolute atomic E-state index is 0.0578. The van der Waals surface area contributed by atoms with E-state index in [1.807, 2.05) is 6.07 Å². The van der Waals surface area contributed by atoms with Crippen LogP contribution in [0.2, 0.25) is 0 Å². The van der Waals surface area contributed by atoms with Crippen LogP contribution in [-0.4, -0.2) is 4.98 Å². The molecule has 0 amide bonds. The Kier molecular flexibility index (Phi) is 4.15. The molecule has 0 radical (unpaired) electrons. The van der Waals surface area contributed by atoms with Crippen molar-refractivity contribution >= 4 is 17.1 Å². The summed E-state index contributed by atoms with van der Waals surface area (Å²) in [5.74, 6) is 0. The normalized spacial score (nSPS) is 13.8. The van der Waals surface area contributed by atoms with E-state index < -0.39 is 0 Å². The molecule has 1 aliphatic rings. The van der Waals surface area contributed by atoms with E-state index in [9.17, 15) is 0 Å². The van der Waals surface area contributed by atoms with Crippen LogP contribution >= 0.6 is 0 Å². The van der Waals surface area contributed by atoms with Crippen molar-refractivity contribution in [1.29, 1.82) is 5.26 Å². The van der Waals surface area contributed by atoms with Crippen molar-refractivity contribution in [2.45, 2.75) is 19.3 Å². The number of hydrogen-bond donors (Lipinski definition) is 0. The van der Waals surface area contributed by atoms with Crippen molar-refractivity contribution in [2.75, 3.05) is 4.90 Å². The molecule has 0 fully saturated rings. The zero-order valence-corrected chi connectivity index (χ0v) is 17.0. The zero-order valence-electron chi connectivity index (χ0n) is 17.0. The van der Waals surface area contributed by atoms with Crippen LogP contribution in [0.5, 0.6) is 0 Å². The van der Waals surface area contributed by atoms with E-state index >= 15 is 0 Å². The average Bonchev–Trinajstić information content (AvgIpc) is 2.80. The number of benzene rings is 3. The fourth-order valence-corrected chi connectivity index (χ4v) is 4.38. The molecule has 2 heterocycles. The van der Waals surface area contributed by atoms with Gasteiger partial charge in [-0.05, 0) is 53.1 Å². The molecule has 5 rings (SSSR count). The van der Waals surface area contributed by atoms with E-state index in [4.69, 9.17) is 5.26 Å². The average molecular weight is 387 g/mol. The molecule has 0 unspecified atom stereocenters. The fraction of sp³-hybridized carbons (Fsp3) is 0.111.